The molecule has 18 heavy (non-hydrogen) atoms. The maximum absolute atomic E-state index is 11.1. The minimum Gasteiger partial charge on any atom is -0.496 e. The van der Waals surface area contributed by atoms with Crippen LogP contribution in [0.4, 0.5) is 0 Å². The molecule has 2 nitrogen and oxygen atoms in total. The molecule has 0 bridgehead atoms. The Morgan fingerprint density at radius 1 is 1.33 bits per heavy atom. The van der Waals surface area contributed by atoms with Crippen LogP contribution in [0.5, 0.6) is 5.75 Å². The highest BCUT2D eigenvalue weighted by Crippen LogP contribution is 2.47. The Hall–Kier alpha value is -1.02. The van der Waals surface area contributed by atoms with Crippen molar-refractivity contribution in [2.75, 3.05) is 7.11 Å². The summed E-state index contributed by atoms with van der Waals surface area (Å²) in [6, 6.07) is 4.16. The van der Waals surface area contributed by atoms with Crippen LogP contribution >= 0.6 is 0 Å². The third-order valence-corrected chi connectivity index (χ3v) is 4.49. The molecule has 1 aliphatic rings. The lowest BCUT2D eigenvalue weighted by Crippen LogP contribution is -2.30. The van der Waals surface area contributed by atoms with Gasteiger partial charge < -0.3 is 9.84 Å². The summed E-state index contributed by atoms with van der Waals surface area (Å²) < 4.78 is 5.35. The van der Waals surface area contributed by atoms with E-state index in [1.54, 1.807) is 7.11 Å². The summed E-state index contributed by atoms with van der Waals surface area (Å²) >= 11 is 0. The third-order valence-electron chi connectivity index (χ3n) is 4.49. The number of aliphatic hydroxyl groups is 1. The van der Waals surface area contributed by atoms with Crippen molar-refractivity contribution in [3.05, 3.63) is 28.8 Å². The summed E-state index contributed by atoms with van der Waals surface area (Å²) in [5, 5.41) is 11.1. The Bertz CT molecular complexity index is 439. The molecule has 0 amide bonds. The fourth-order valence-corrected chi connectivity index (χ4v) is 3.43. The second-order valence-corrected chi connectivity index (χ2v) is 5.56. The minimum atomic E-state index is -0.629. The Balaban J connectivity index is 2.47. The van der Waals surface area contributed by atoms with Gasteiger partial charge in [-0.3, -0.25) is 0 Å². The summed E-state index contributed by atoms with van der Waals surface area (Å²) in [5.41, 5.74) is 2.72. The molecule has 0 spiro atoms. The van der Waals surface area contributed by atoms with Gasteiger partial charge in [0.05, 0.1) is 12.7 Å². The first kappa shape index (κ1) is 13.4. The van der Waals surface area contributed by atoms with Crippen molar-refractivity contribution in [1.82, 2.24) is 0 Å². The molecule has 0 radical (unpaired) electrons. The van der Waals surface area contributed by atoms with Gasteiger partial charge in [0.25, 0.3) is 0 Å². The molecule has 1 saturated carbocycles. The summed E-state index contributed by atoms with van der Waals surface area (Å²) in [6.07, 6.45) is 4.19. The normalized spacial score (nSPS) is 27.5. The smallest absolute Gasteiger partial charge is 0.122 e. The van der Waals surface area contributed by atoms with Crippen LogP contribution in [-0.4, -0.2) is 12.2 Å². The molecule has 2 atom stereocenters. The molecule has 0 saturated heterocycles. The van der Waals surface area contributed by atoms with E-state index in [0.717, 1.165) is 48.1 Å². The van der Waals surface area contributed by atoms with Crippen LogP contribution < -0.4 is 4.74 Å². The van der Waals surface area contributed by atoms with Gasteiger partial charge in [0.15, 0.2) is 0 Å². The first-order valence-electron chi connectivity index (χ1n) is 6.91. The third kappa shape index (κ3) is 2.03. The van der Waals surface area contributed by atoms with Crippen molar-refractivity contribution in [2.24, 2.45) is 5.92 Å². The molecule has 1 aromatic rings. The molecule has 0 aromatic heterocycles. The van der Waals surface area contributed by atoms with Gasteiger partial charge in [-0.15, -0.1) is 0 Å². The Kier molecular flexibility index (Phi) is 3.67. The maximum atomic E-state index is 11.1. The van der Waals surface area contributed by atoms with Crippen LogP contribution in [-0.2, 0) is 5.60 Å². The second-order valence-electron chi connectivity index (χ2n) is 5.56. The van der Waals surface area contributed by atoms with Crippen molar-refractivity contribution >= 4 is 0 Å². The molecular formula is C16H24O2. The monoisotopic (exact) mass is 248 g/mol. The van der Waals surface area contributed by atoms with E-state index in [0.29, 0.717) is 5.92 Å². The Labute approximate surface area is 110 Å². The second kappa shape index (κ2) is 4.93. The van der Waals surface area contributed by atoms with E-state index >= 15 is 0 Å². The lowest BCUT2D eigenvalue weighted by Gasteiger charge is -2.32. The lowest BCUT2D eigenvalue weighted by atomic mass is 9.80. The van der Waals surface area contributed by atoms with Gasteiger partial charge in [-0.05, 0) is 67.9 Å². The lowest BCUT2D eigenvalue weighted by molar-refractivity contribution is -0.00451. The van der Waals surface area contributed by atoms with E-state index in [1.165, 1.54) is 0 Å². The quantitative estimate of drug-likeness (QED) is 0.883. The number of methoxy groups -OCH3 is 1. The molecule has 1 fully saturated rings. The zero-order chi connectivity index (χ0) is 13.3. The van der Waals surface area contributed by atoms with E-state index in [9.17, 15) is 5.11 Å². The molecule has 0 aliphatic heterocycles. The van der Waals surface area contributed by atoms with E-state index in [1.807, 2.05) is 13.0 Å². The molecule has 2 unspecified atom stereocenters. The molecular weight excluding hydrogens is 224 g/mol. The molecule has 100 valence electrons. The van der Waals surface area contributed by atoms with Crippen molar-refractivity contribution in [3.8, 4) is 5.75 Å². The summed E-state index contributed by atoms with van der Waals surface area (Å²) in [6.45, 7) is 6.29. The fourth-order valence-electron chi connectivity index (χ4n) is 3.43. The molecule has 1 aromatic carbocycles. The van der Waals surface area contributed by atoms with Crippen LogP contribution in [0.3, 0.4) is 0 Å². The van der Waals surface area contributed by atoms with Gasteiger partial charge in [0.2, 0.25) is 0 Å². The van der Waals surface area contributed by atoms with E-state index in [2.05, 4.69) is 19.9 Å². The van der Waals surface area contributed by atoms with E-state index < -0.39 is 5.60 Å². The molecule has 2 heteroatoms. The first-order valence-corrected chi connectivity index (χ1v) is 6.91. The molecule has 0 heterocycles. The average Bonchev–Trinajstić information content (AvgIpc) is 2.73. The van der Waals surface area contributed by atoms with Crippen LogP contribution in [0, 0.1) is 19.8 Å². The van der Waals surface area contributed by atoms with Crippen molar-refractivity contribution in [3.63, 3.8) is 0 Å². The van der Waals surface area contributed by atoms with Gasteiger partial charge in [0.1, 0.15) is 5.75 Å². The summed E-state index contributed by atoms with van der Waals surface area (Å²) in [7, 11) is 1.70. The maximum Gasteiger partial charge on any atom is 0.122 e. The highest BCUT2D eigenvalue weighted by molar-refractivity contribution is 5.44. The zero-order valence-electron chi connectivity index (χ0n) is 11.9. The van der Waals surface area contributed by atoms with Gasteiger partial charge in [-0.2, -0.15) is 0 Å². The number of hydrogen-bond acceptors (Lipinski definition) is 2. The highest BCUT2D eigenvalue weighted by Gasteiger charge is 2.42. The number of aryl methyl sites for hydroxylation is 2. The number of hydrogen-bond donors (Lipinski definition) is 1. The minimum absolute atomic E-state index is 0.393. The standard InChI is InChI=1S/C16H24O2/c1-5-13-7-6-8-16(13,17)14-9-12(3)15(18-4)10-11(14)2/h9-10,13,17H,5-8H2,1-4H3. The molecule has 1 aliphatic carbocycles. The predicted molar refractivity (Wildman–Crippen MR) is 74.0 cm³/mol. The Morgan fingerprint density at radius 3 is 2.67 bits per heavy atom. The Morgan fingerprint density at radius 2 is 2.06 bits per heavy atom. The molecule has 1 N–H and O–H groups in total. The SMILES string of the molecule is CCC1CCCC1(O)c1cc(C)c(OC)cc1C. The van der Waals surface area contributed by atoms with Crippen LogP contribution in [0.1, 0.15) is 49.3 Å². The zero-order valence-corrected chi connectivity index (χ0v) is 11.9. The highest BCUT2D eigenvalue weighted by atomic mass is 16.5. The van der Waals surface area contributed by atoms with Gasteiger partial charge in [0, 0.05) is 0 Å². The average molecular weight is 248 g/mol. The van der Waals surface area contributed by atoms with Gasteiger partial charge in [-0.1, -0.05) is 13.3 Å². The number of ether oxygens (including phenoxy) is 1. The van der Waals surface area contributed by atoms with Crippen molar-refractivity contribution in [2.45, 2.75) is 52.1 Å². The van der Waals surface area contributed by atoms with Crippen LogP contribution in [0.15, 0.2) is 12.1 Å². The number of rotatable bonds is 3. The first-order chi connectivity index (χ1) is 8.52. The van der Waals surface area contributed by atoms with Crippen molar-refractivity contribution < 1.29 is 9.84 Å². The number of benzene rings is 1. The topological polar surface area (TPSA) is 29.5 Å². The fraction of sp³-hybridized carbons (Fsp3) is 0.625. The predicted octanol–water partition coefficient (Wildman–Crippen LogP) is 3.71. The van der Waals surface area contributed by atoms with Crippen molar-refractivity contribution in [1.29, 1.82) is 0 Å². The summed E-state index contributed by atoms with van der Waals surface area (Å²) in [4.78, 5) is 0. The van der Waals surface area contributed by atoms with E-state index in [-0.39, 0.29) is 0 Å². The largest absolute Gasteiger partial charge is 0.496 e. The van der Waals surface area contributed by atoms with Crippen LogP contribution in [0.2, 0.25) is 0 Å². The summed E-state index contributed by atoms with van der Waals surface area (Å²) in [5.74, 6) is 1.30. The molecule has 2 rings (SSSR count). The van der Waals surface area contributed by atoms with Gasteiger partial charge in [-0.25, -0.2) is 0 Å². The van der Waals surface area contributed by atoms with E-state index in [4.69, 9.17) is 4.74 Å². The van der Waals surface area contributed by atoms with Gasteiger partial charge >= 0.3 is 0 Å². The van der Waals surface area contributed by atoms with Crippen LogP contribution in [0.25, 0.3) is 0 Å².